The minimum atomic E-state index is -1.08. The van der Waals surface area contributed by atoms with E-state index in [0.717, 1.165) is 5.56 Å². The molecule has 0 amide bonds. The first-order valence-corrected chi connectivity index (χ1v) is 9.70. The summed E-state index contributed by atoms with van der Waals surface area (Å²) in [6, 6.07) is 19.6. The lowest BCUT2D eigenvalue weighted by atomic mass is 9.79. The van der Waals surface area contributed by atoms with Gasteiger partial charge >= 0.3 is 0 Å². The summed E-state index contributed by atoms with van der Waals surface area (Å²) >= 11 is 0. The molecule has 4 rings (SSSR count). The van der Waals surface area contributed by atoms with Gasteiger partial charge in [-0.3, -0.25) is 10.2 Å². The number of nitriles is 1. The Balaban J connectivity index is 1.85. The summed E-state index contributed by atoms with van der Waals surface area (Å²) < 4.78 is 21.8. The first kappa shape index (κ1) is 19.6. The maximum absolute atomic E-state index is 14.7. The van der Waals surface area contributed by atoms with Crippen LogP contribution in [0.4, 0.5) is 4.39 Å². The number of hydrogen-bond donors (Lipinski definition) is 1. The predicted molar refractivity (Wildman–Crippen MR) is 111 cm³/mol. The topological polar surface area (TPSA) is 78.9 Å². The number of nitrogens with zero attached hydrogens (tertiary/aromatic N) is 2. The molecule has 0 aliphatic carbocycles. The standard InChI is InChI=1S/C24H20FN3O2/c1-15-13-20-22(24(29)28(15)12-11-16-7-3-2-4-8-16)21(18(14-26)23(27)30-20)17-9-5-6-10-19(17)25/h2-10,13,18,21,27H,11-12H2,1H3. The van der Waals surface area contributed by atoms with Crippen LogP contribution in [0, 0.1) is 35.4 Å². The number of halogens is 1. The molecule has 0 spiro atoms. The maximum Gasteiger partial charge on any atom is 0.258 e. The van der Waals surface area contributed by atoms with Gasteiger partial charge in [-0.1, -0.05) is 48.5 Å². The van der Waals surface area contributed by atoms with Crippen molar-refractivity contribution in [2.45, 2.75) is 25.8 Å². The summed E-state index contributed by atoms with van der Waals surface area (Å²) in [5.74, 6) is -2.55. The van der Waals surface area contributed by atoms with E-state index in [0.29, 0.717) is 18.7 Å². The van der Waals surface area contributed by atoms with Crippen LogP contribution >= 0.6 is 0 Å². The number of fused-ring (bicyclic) bond motifs is 1. The number of hydrogen-bond acceptors (Lipinski definition) is 4. The highest BCUT2D eigenvalue weighted by Gasteiger charge is 2.40. The van der Waals surface area contributed by atoms with Crippen molar-refractivity contribution in [1.29, 1.82) is 10.7 Å². The third-order valence-corrected chi connectivity index (χ3v) is 5.50. The molecule has 30 heavy (non-hydrogen) atoms. The van der Waals surface area contributed by atoms with E-state index in [9.17, 15) is 14.4 Å². The molecule has 5 nitrogen and oxygen atoms in total. The van der Waals surface area contributed by atoms with E-state index in [1.807, 2.05) is 36.4 Å². The summed E-state index contributed by atoms with van der Waals surface area (Å²) in [4.78, 5) is 13.5. The molecule has 1 aliphatic rings. The van der Waals surface area contributed by atoms with Crippen molar-refractivity contribution in [2.75, 3.05) is 0 Å². The molecule has 2 heterocycles. The summed E-state index contributed by atoms with van der Waals surface area (Å²) in [5, 5.41) is 17.8. The number of pyridine rings is 1. The number of aromatic nitrogens is 1. The summed E-state index contributed by atoms with van der Waals surface area (Å²) in [6.45, 7) is 2.24. The highest BCUT2D eigenvalue weighted by Crippen LogP contribution is 2.41. The van der Waals surface area contributed by atoms with E-state index < -0.39 is 17.7 Å². The van der Waals surface area contributed by atoms with Gasteiger partial charge in [-0.2, -0.15) is 5.26 Å². The van der Waals surface area contributed by atoms with Crippen molar-refractivity contribution in [3.63, 3.8) is 0 Å². The van der Waals surface area contributed by atoms with Gasteiger partial charge in [-0.05, 0) is 30.5 Å². The molecule has 2 unspecified atom stereocenters. The average Bonchev–Trinajstić information content (AvgIpc) is 2.74. The first-order valence-electron chi connectivity index (χ1n) is 9.70. The van der Waals surface area contributed by atoms with Crippen molar-refractivity contribution in [2.24, 2.45) is 5.92 Å². The van der Waals surface area contributed by atoms with Crippen molar-refractivity contribution in [1.82, 2.24) is 4.57 Å². The fourth-order valence-corrected chi connectivity index (χ4v) is 3.99. The van der Waals surface area contributed by atoms with Crippen molar-refractivity contribution in [3.05, 3.63) is 99.2 Å². The van der Waals surface area contributed by atoms with Crippen LogP contribution in [0.5, 0.6) is 5.75 Å². The fraction of sp³-hybridized carbons (Fsp3) is 0.208. The average molecular weight is 401 g/mol. The lowest BCUT2D eigenvalue weighted by Crippen LogP contribution is -2.38. The highest BCUT2D eigenvalue weighted by atomic mass is 19.1. The zero-order chi connectivity index (χ0) is 21.3. The zero-order valence-electron chi connectivity index (χ0n) is 16.4. The molecule has 1 aromatic heterocycles. The highest BCUT2D eigenvalue weighted by molar-refractivity contribution is 5.85. The van der Waals surface area contributed by atoms with Crippen LogP contribution in [0.25, 0.3) is 0 Å². The van der Waals surface area contributed by atoms with Crippen molar-refractivity contribution >= 4 is 5.90 Å². The normalized spacial score (nSPS) is 17.7. The summed E-state index contributed by atoms with van der Waals surface area (Å²) in [7, 11) is 0. The SMILES string of the molecule is Cc1cc2c(c(=O)n1CCc1ccccc1)C(c1ccccc1F)C(C#N)C(=N)O2. The monoisotopic (exact) mass is 401 g/mol. The number of aryl methyl sites for hydroxylation is 2. The lowest BCUT2D eigenvalue weighted by molar-refractivity contribution is 0.433. The fourth-order valence-electron chi connectivity index (χ4n) is 3.99. The number of benzene rings is 2. The van der Waals surface area contributed by atoms with E-state index in [4.69, 9.17) is 10.1 Å². The maximum atomic E-state index is 14.7. The van der Waals surface area contributed by atoms with E-state index in [-0.39, 0.29) is 28.3 Å². The van der Waals surface area contributed by atoms with E-state index >= 15 is 0 Å². The molecule has 0 saturated heterocycles. The number of nitrogens with one attached hydrogen (secondary N) is 1. The largest absolute Gasteiger partial charge is 0.442 e. The van der Waals surface area contributed by atoms with Crippen LogP contribution in [0.1, 0.15) is 28.3 Å². The van der Waals surface area contributed by atoms with Crippen LogP contribution in [0.15, 0.2) is 65.5 Å². The third kappa shape index (κ3) is 3.39. The van der Waals surface area contributed by atoms with Crippen LogP contribution < -0.4 is 10.3 Å². The molecule has 3 aromatic rings. The van der Waals surface area contributed by atoms with Gasteiger partial charge < -0.3 is 9.30 Å². The second-order valence-electron chi connectivity index (χ2n) is 7.33. The Morgan fingerprint density at radius 3 is 2.57 bits per heavy atom. The van der Waals surface area contributed by atoms with Crippen LogP contribution in [-0.4, -0.2) is 10.5 Å². The molecule has 0 bridgehead atoms. The quantitative estimate of drug-likeness (QED) is 0.712. The number of rotatable bonds is 4. The summed E-state index contributed by atoms with van der Waals surface area (Å²) in [6.07, 6.45) is 0.656. The van der Waals surface area contributed by atoms with Crippen LogP contribution in [-0.2, 0) is 13.0 Å². The second-order valence-corrected chi connectivity index (χ2v) is 7.33. The van der Waals surface area contributed by atoms with Crippen LogP contribution in [0.2, 0.25) is 0 Å². The molecule has 1 N–H and O–H groups in total. The van der Waals surface area contributed by atoms with Crippen molar-refractivity contribution < 1.29 is 9.13 Å². The predicted octanol–water partition coefficient (Wildman–Crippen LogP) is 4.18. The molecular weight excluding hydrogens is 381 g/mol. The van der Waals surface area contributed by atoms with E-state index in [1.165, 1.54) is 6.07 Å². The van der Waals surface area contributed by atoms with E-state index in [1.54, 1.807) is 35.8 Å². The Morgan fingerprint density at radius 2 is 1.87 bits per heavy atom. The van der Waals surface area contributed by atoms with Gasteiger partial charge in [-0.25, -0.2) is 4.39 Å². The number of ether oxygens (including phenoxy) is 1. The van der Waals surface area contributed by atoms with Gasteiger partial charge in [0.2, 0.25) is 5.90 Å². The minimum absolute atomic E-state index is 0.217. The molecular formula is C24H20FN3O2. The van der Waals surface area contributed by atoms with Gasteiger partial charge in [0.25, 0.3) is 5.56 Å². The molecule has 6 heteroatoms. The third-order valence-electron chi connectivity index (χ3n) is 5.50. The molecule has 0 saturated carbocycles. The van der Waals surface area contributed by atoms with Crippen LogP contribution in [0.3, 0.4) is 0 Å². The first-order chi connectivity index (χ1) is 14.5. The molecule has 2 aromatic carbocycles. The van der Waals surface area contributed by atoms with E-state index in [2.05, 4.69) is 0 Å². The molecule has 0 radical (unpaired) electrons. The Bertz CT molecular complexity index is 1210. The smallest absolute Gasteiger partial charge is 0.258 e. The molecule has 1 aliphatic heterocycles. The Kier molecular flexibility index (Phi) is 5.20. The second kappa shape index (κ2) is 7.96. The zero-order valence-corrected chi connectivity index (χ0v) is 16.4. The minimum Gasteiger partial charge on any atom is -0.442 e. The van der Waals surface area contributed by atoms with Gasteiger partial charge in [0.15, 0.2) is 0 Å². The Labute approximate surface area is 173 Å². The Morgan fingerprint density at radius 1 is 1.17 bits per heavy atom. The Hall–Kier alpha value is -3.72. The lowest BCUT2D eigenvalue weighted by Gasteiger charge is -2.31. The van der Waals surface area contributed by atoms with Gasteiger partial charge in [-0.15, -0.1) is 0 Å². The summed E-state index contributed by atoms with van der Waals surface area (Å²) in [5.41, 5.74) is 1.91. The molecule has 0 fully saturated rings. The van der Waals surface area contributed by atoms with Gasteiger partial charge in [0.05, 0.1) is 11.6 Å². The van der Waals surface area contributed by atoms with Gasteiger partial charge in [0, 0.05) is 24.2 Å². The molecule has 150 valence electrons. The van der Waals surface area contributed by atoms with Gasteiger partial charge in [0.1, 0.15) is 17.5 Å². The van der Waals surface area contributed by atoms with Crippen molar-refractivity contribution in [3.8, 4) is 11.8 Å². The molecule has 2 atom stereocenters.